The van der Waals surface area contributed by atoms with Crippen molar-refractivity contribution in [1.29, 1.82) is 0 Å². The maximum Gasteiger partial charge on any atom is 0.133 e. The van der Waals surface area contributed by atoms with Crippen molar-refractivity contribution in [3.63, 3.8) is 0 Å². The lowest BCUT2D eigenvalue weighted by atomic mass is 10.0. The quantitative estimate of drug-likeness (QED) is 0.799. The van der Waals surface area contributed by atoms with Gasteiger partial charge in [0.15, 0.2) is 0 Å². The Hall–Kier alpha value is -0.840. The zero-order valence-electron chi connectivity index (χ0n) is 11.6. The van der Waals surface area contributed by atoms with Crippen LogP contribution in [0.1, 0.15) is 23.3 Å². The first-order chi connectivity index (χ1) is 9.69. The molecule has 0 spiro atoms. The second-order valence-corrected chi connectivity index (χ2v) is 6.79. The molecule has 0 aliphatic heterocycles. The standard InChI is InChI=1S/C16H20BrNOS/c1-19-16-8-7-12(11-15(16)17)10-13(18)4-2-5-14-6-3-9-20-14/h3,6-9,11,13H,2,4-5,10,18H2,1H3. The van der Waals surface area contributed by atoms with Gasteiger partial charge in [-0.3, -0.25) is 0 Å². The third kappa shape index (κ3) is 4.62. The maximum absolute atomic E-state index is 6.22. The third-order valence-electron chi connectivity index (χ3n) is 3.29. The van der Waals surface area contributed by atoms with Gasteiger partial charge < -0.3 is 10.5 Å². The monoisotopic (exact) mass is 353 g/mol. The van der Waals surface area contributed by atoms with Gasteiger partial charge in [0.05, 0.1) is 11.6 Å². The molecule has 2 rings (SSSR count). The Morgan fingerprint density at radius 3 is 2.85 bits per heavy atom. The Labute approximate surface area is 133 Å². The van der Waals surface area contributed by atoms with Gasteiger partial charge in [0.25, 0.3) is 0 Å². The number of nitrogens with two attached hydrogens (primary N) is 1. The van der Waals surface area contributed by atoms with Gasteiger partial charge in [-0.15, -0.1) is 11.3 Å². The zero-order chi connectivity index (χ0) is 14.4. The molecule has 108 valence electrons. The van der Waals surface area contributed by atoms with Crippen LogP contribution in [0.15, 0.2) is 40.2 Å². The molecule has 1 aromatic carbocycles. The van der Waals surface area contributed by atoms with Crippen molar-refractivity contribution in [3.8, 4) is 5.75 Å². The fourth-order valence-corrected chi connectivity index (χ4v) is 3.57. The lowest BCUT2D eigenvalue weighted by Gasteiger charge is -2.12. The van der Waals surface area contributed by atoms with Gasteiger partial charge in [0.1, 0.15) is 5.75 Å². The van der Waals surface area contributed by atoms with Crippen molar-refractivity contribution in [2.75, 3.05) is 7.11 Å². The van der Waals surface area contributed by atoms with Gasteiger partial charge in [0.2, 0.25) is 0 Å². The van der Waals surface area contributed by atoms with Gasteiger partial charge >= 0.3 is 0 Å². The molecule has 0 bridgehead atoms. The minimum Gasteiger partial charge on any atom is -0.496 e. The van der Waals surface area contributed by atoms with E-state index in [-0.39, 0.29) is 6.04 Å². The van der Waals surface area contributed by atoms with Gasteiger partial charge in [-0.1, -0.05) is 12.1 Å². The second kappa shape index (κ2) is 7.81. The van der Waals surface area contributed by atoms with Crippen LogP contribution in [0.25, 0.3) is 0 Å². The summed E-state index contributed by atoms with van der Waals surface area (Å²) in [6.45, 7) is 0. The predicted molar refractivity (Wildman–Crippen MR) is 89.6 cm³/mol. The molecule has 4 heteroatoms. The Kier molecular flexibility index (Phi) is 6.07. The first-order valence-corrected chi connectivity index (χ1v) is 8.46. The fraction of sp³-hybridized carbons (Fsp3) is 0.375. The number of hydrogen-bond acceptors (Lipinski definition) is 3. The van der Waals surface area contributed by atoms with E-state index in [4.69, 9.17) is 10.5 Å². The maximum atomic E-state index is 6.22. The molecular weight excluding hydrogens is 334 g/mol. The van der Waals surface area contributed by atoms with Crippen molar-refractivity contribution in [3.05, 3.63) is 50.6 Å². The molecule has 0 saturated carbocycles. The number of rotatable bonds is 7. The molecule has 0 fully saturated rings. The first kappa shape index (κ1) is 15.5. The largest absolute Gasteiger partial charge is 0.496 e. The number of methoxy groups -OCH3 is 1. The number of aryl methyl sites for hydroxylation is 1. The fourth-order valence-electron chi connectivity index (χ4n) is 2.23. The molecule has 0 aliphatic rings. The van der Waals surface area contributed by atoms with Gasteiger partial charge in [-0.2, -0.15) is 0 Å². The van der Waals surface area contributed by atoms with E-state index in [1.807, 2.05) is 17.4 Å². The molecule has 1 heterocycles. The van der Waals surface area contributed by atoms with Crippen molar-refractivity contribution in [1.82, 2.24) is 0 Å². The van der Waals surface area contributed by atoms with E-state index in [1.54, 1.807) is 7.11 Å². The summed E-state index contributed by atoms with van der Waals surface area (Å²) in [6.07, 6.45) is 4.26. The number of hydrogen-bond donors (Lipinski definition) is 1. The van der Waals surface area contributed by atoms with E-state index in [1.165, 1.54) is 10.4 Å². The van der Waals surface area contributed by atoms with Crippen molar-refractivity contribution < 1.29 is 4.74 Å². The molecule has 2 nitrogen and oxygen atoms in total. The van der Waals surface area contributed by atoms with Gasteiger partial charge in [-0.05, 0) is 70.8 Å². The molecule has 0 radical (unpaired) electrons. The minimum absolute atomic E-state index is 0.218. The Morgan fingerprint density at radius 2 is 2.20 bits per heavy atom. The van der Waals surface area contributed by atoms with E-state index >= 15 is 0 Å². The predicted octanol–water partition coefficient (Wildman–Crippen LogP) is 4.41. The van der Waals surface area contributed by atoms with Crippen molar-refractivity contribution in [2.24, 2.45) is 5.73 Å². The van der Waals surface area contributed by atoms with E-state index in [2.05, 4.69) is 45.6 Å². The van der Waals surface area contributed by atoms with Crippen LogP contribution < -0.4 is 10.5 Å². The zero-order valence-corrected chi connectivity index (χ0v) is 14.0. The number of thiophene rings is 1. The highest BCUT2D eigenvalue weighted by molar-refractivity contribution is 9.10. The van der Waals surface area contributed by atoms with Crippen LogP contribution in [0.2, 0.25) is 0 Å². The molecule has 2 N–H and O–H groups in total. The highest BCUT2D eigenvalue weighted by atomic mass is 79.9. The van der Waals surface area contributed by atoms with E-state index in [0.29, 0.717) is 0 Å². The number of halogens is 1. The van der Waals surface area contributed by atoms with Crippen LogP contribution >= 0.6 is 27.3 Å². The summed E-state index contributed by atoms with van der Waals surface area (Å²) in [5.74, 6) is 0.861. The minimum atomic E-state index is 0.218. The molecular formula is C16H20BrNOS. The van der Waals surface area contributed by atoms with Crippen molar-refractivity contribution >= 4 is 27.3 Å². The smallest absolute Gasteiger partial charge is 0.133 e. The lowest BCUT2D eigenvalue weighted by molar-refractivity contribution is 0.412. The summed E-state index contributed by atoms with van der Waals surface area (Å²) in [6, 6.07) is 10.7. The van der Waals surface area contributed by atoms with Crippen LogP contribution in [0, 0.1) is 0 Å². The van der Waals surface area contributed by atoms with Gasteiger partial charge in [-0.25, -0.2) is 0 Å². The second-order valence-electron chi connectivity index (χ2n) is 4.90. The molecule has 1 aromatic heterocycles. The topological polar surface area (TPSA) is 35.2 Å². The summed E-state index contributed by atoms with van der Waals surface area (Å²) < 4.78 is 6.22. The van der Waals surface area contributed by atoms with Crippen LogP contribution in [0.3, 0.4) is 0 Å². The third-order valence-corrected chi connectivity index (χ3v) is 4.85. The summed E-state index contributed by atoms with van der Waals surface area (Å²) in [5, 5.41) is 2.13. The van der Waals surface area contributed by atoms with E-state index < -0.39 is 0 Å². The Morgan fingerprint density at radius 1 is 1.35 bits per heavy atom. The average molecular weight is 354 g/mol. The van der Waals surface area contributed by atoms with E-state index in [0.717, 1.165) is 35.9 Å². The highest BCUT2D eigenvalue weighted by Gasteiger charge is 2.07. The molecule has 0 saturated heterocycles. The normalized spacial score (nSPS) is 12.3. The van der Waals surface area contributed by atoms with Crippen LogP contribution in [-0.2, 0) is 12.8 Å². The molecule has 1 atom stereocenters. The highest BCUT2D eigenvalue weighted by Crippen LogP contribution is 2.26. The SMILES string of the molecule is COc1ccc(CC(N)CCCc2cccs2)cc1Br. The number of benzene rings is 1. The van der Waals surface area contributed by atoms with Crippen LogP contribution in [0.5, 0.6) is 5.75 Å². The average Bonchev–Trinajstić information content (AvgIpc) is 2.92. The summed E-state index contributed by atoms with van der Waals surface area (Å²) in [5.41, 5.74) is 7.47. The Bertz CT molecular complexity index is 527. The summed E-state index contributed by atoms with van der Waals surface area (Å²) in [4.78, 5) is 1.45. The molecule has 20 heavy (non-hydrogen) atoms. The molecule has 1 unspecified atom stereocenters. The van der Waals surface area contributed by atoms with E-state index in [9.17, 15) is 0 Å². The summed E-state index contributed by atoms with van der Waals surface area (Å²) in [7, 11) is 1.68. The first-order valence-electron chi connectivity index (χ1n) is 6.79. The van der Waals surface area contributed by atoms with Crippen LogP contribution in [-0.4, -0.2) is 13.2 Å². The Balaban J connectivity index is 1.79. The number of ether oxygens (including phenoxy) is 1. The van der Waals surface area contributed by atoms with Crippen molar-refractivity contribution in [2.45, 2.75) is 31.7 Å². The van der Waals surface area contributed by atoms with Gasteiger partial charge in [0, 0.05) is 10.9 Å². The lowest BCUT2D eigenvalue weighted by Crippen LogP contribution is -2.22. The summed E-state index contributed by atoms with van der Waals surface area (Å²) >= 11 is 5.34. The molecule has 2 aromatic rings. The molecule has 0 amide bonds. The van der Waals surface area contributed by atoms with Crippen LogP contribution in [0.4, 0.5) is 0 Å². The molecule has 0 aliphatic carbocycles.